The minimum Gasteiger partial charge on any atom is -0.493 e. The summed E-state index contributed by atoms with van der Waals surface area (Å²) in [7, 11) is 0. The van der Waals surface area contributed by atoms with E-state index in [1.54, 1.807) is 6.07 Å². The van der Waals surface area contributed by atoms with E-state index in [4.69, 9.17) is 27.9 Å². The quantitative estimate of drug-likeness (QED) is 0.635. The van der Waals surface area contributed by atoms with Crippen molar-refractivity contribution in [2.75, 3.05) is 6.61 Å². The molecule has 2 aromatic rings. The Morgan fingerprint density at radius 1 is 1.16 bits per heavy atom. The van der Waals surface area contributed by atoms with Gasteiger partial charge in [0.05, 0.1) is 11.4 Å². The number of hydrogen-bond acceptors (Lipinski definition) is 1. The molecule has 0 bridgehead atoms. The fourth-order valence-corrected chi connectivity index (χ4v) is 3.74. The molecule has 4 heteroatoms. The fraction of sp³-hybridized carbons (Fsp3) is 0.200. The minimum absolute atomic E-state index is 0.0855. The number of rotatable bonds is 2. The molecule has 2 aromatic carbocycles. The van der Waals surface area contributed by atoms with Crippen LogP contribution in [0, 0.1) is 0 Å². The Hall–Kier alpha value is -0.700. The Kier molecular flexibility index (Phi) is 3.75. The van der Waals surface area contributed by atoms with E-state index in [1.807, 2.05) is 30.3 Å². The fourth-order valence-electron chi connectivity index (χ4n) is 2.37. The van der Waals surface area contributed by atoms with Crippen LogP contribution in [0.25, 0.3) is 0 Å². The number of para-hydroxylation sites is 1. The minimum atomic E-state index is 0.0855. The van der Waals surface area contributed by atoms with Gasteiger partial charge in [-0.2, -0.15) is 0 Å². The van der Waals surface area contributed by atoms with E-state index in [2.05, 4.69) is 22.0 Å². The molecule has 3 rings (SSSR count). The van der Waals surface area contributed by atoms with Crippen molar-refractivity contribution < 1.29 is 4.74 Å². The lowest BCUT2D eigenvalue weighted by molar-refractivity contribution is 0.329. The molecule has 0 amide bonds. The van der Waals surface area contributed by atoms with E-state index < -0.39 is 0 Å². The van der Waals surface area contributed by atoms with Crippen LogP contribution in [0.1, 0.15) is 21.9 Å². The number of halogens is 3. The van der Waals surface area contributed by atoms with Gasteiger partial charge in [-0.25, -0.2) is 0 Å². The summed E-state index contributed by atoms with van der Waals surface area (Å²) in [6.45, 7) is 0.651. The molecule has 0 saturated heterocycles. The van der Waals surface area contributed by atoms with Gasteiger partial charge in [-0.3, -0.25) is 0 Å². The van der Waals surface area contributed by atoms with Crippen molar-refractivity contribution >= 4 is 39.1 Å². The van der Waals surface area contributed by atoms with Gasteiger partial charge >= 0.3 is 0 Å². The second-order valence-corrected chi connectivity index (χ2v) is 6.35. The van der Waals surface area contributed by atoms with Crippen LogP contribution in [-0.4, -0.2) is 6.61 Å². The van der Waals surface area contributed by atoms with Crippen LogP contribution in [0.5, 0.6) is 5.75 Å². The predicted octanol–water partition coefficient (Wildman–Crippen LogP) is 5.61. The third-order valence-corrected chi connectivity index (χ3v) is 5.06. The van der Waals surface area contributed by atoms with Gasteiger partial charge < -0.3 is 4.74 Å². The smallest absolute Gasteiger partial charge is 0.122 e. The summed E-state index contributed by atoms with van der Waals surface area (Å²) < 4.78 is 5.72. The topological polar surface area (TPSA) is 9.23 Å². The van der Waals surface area contributed by atoms with E-state index >= 15 is 0 Å². The van der Waals surface area contributed by atoms with E-state index in [-0.39, 0.29) is 10.7 Å². The molecular weight excluding hydrogens is 347 g/mol. The normalized spacial score (nSPS) is 18.8. The molecule has 0 saturated carbocycles. The second kappa shape index (κ2) is 5.35. The third-order valence-electron chi connectivity index (χ3n) is 3.35. The number of fused-ring (bicyclic) bond motifs is 1. The van der Waals surface area contributed by atoms with Crippen molar-refractivity contribution in [3.05, 3.63) is 63.6 Å². The molecule has 1 nitrogen and oxygen atoms in total. The van der Waals surface area contributed by atoms with Crippen LogP contribution in [-0.2, 0) is 0 Å². The Labute approximate surface area is 130 Å². The van der Waals surface area contributed by atoms with Gasteiger partial charge in [-0.05, 0) is 29.8 Å². The summed E-state index contributed by atoms with van der Waals surface area (Å²) in [6.07, 6.45) is 0. The summed E-state index contributed by atoms with van der Waals surface area (Å²) >= 11 is 16.1. The molecule has 1 heterocycles. The first-order valence-corrected chi connectivity index (χ1v) is 7.64. The van der Waals surface area contributed by atoms with Crippen LogP contribution >= 0.6 is 39.1 Å². The van der Waals surface area contributed by atoms with E-state index in [0.29, 0.717) is 11.6 Å². The highest BCUT2D eigenvalue weighted by molar-refractivity contribution is 9.09. The van der Waals surface area contributed by atoms with Gasteiger partial charge in [0.25, 0.3) is 0 Å². The van der Waals surface area contributed by atoms with Crippen molar-refractivity contribution in [3.63, 3.8) is 0 Å². The second-order valence-electron chi connectivity index (χ2n) is 4.52. The van der Waals surface area contributed by atoms with Gasteiger partial charge in [0.2, 0.25) is 0 Å². The molecule has 0 fully saturated rings. The lowest BCUT2D eigenvalue weighted by Crippen LogP contribution is -2.08. The van der Waals surface area contributed by atoms with Gasteiger partial charge in [0.15, 0.2) is 0 Å². The maximum Gasteiger partial charge on any atom is 0.122 e. The number of hydrogen-bond donors (Lipinski definition) is 0. The average molecular weight is 358 g/mol. The van der Waals surface area contributed by atoms with E-state index in [1.165, 1.54) is 5.56 Å². The molecule has 19 heavy (non-hydrogen) atoms. The molecule has 2 unspecified atom stereocenters. The number of benzene rings is 2. The van der Waals surface area contributed by atoms with Crippen LogP contribution in [0.3, 0.4) is 0 Å². The van der Waals surface area contributed by atoms with Gasteiger partial charge in [0, 0.05) is 21.5 Å². The molecule has 1 aliphatic heterocycles. The number of alkyl halides is 1. The molecule has 0 aromatic heterocycles. The molecule has 98 valence electrons. The zero-order valence-corrected chi connectivity index (χ0v) is 13.0. The van der Waals surface area contributed by atoms with Gasteiger partial charge in [-0.1, -0.05) is 57.3 Å². The highest BCUT2D eigenvalue weighted by atomic mass is 79.9. The Balaban J connectivity index is 1.97. The highest BCUT2D eigenvalue weighted by Gasteiger charge is 2.31. The summed E-state index contributed by atoms with van der Waals surface area (Å²) in [4.78, 5) is 0.0855. The maximum atomic E-state index is 6.27. The summed E-state index contributed by atoms with van der Waals surface area (Å²) in [6, 6.07) is 13.6. The SMILES string of the molecule is Clc1ccc(Cl)c(C(Br)C2COc3ccccc32)c1. The van der Waals surface area contributed by atoms with Crippen molar-refractivity contribution in [1.29, 1.82) is 0 Å². The van der Waals surface area contributed by atoms with Crippen LogP contribution in [0.4, 0.5) is 0 Å². The molecular formula is C15H11BrCl2O. The zero-order chi connectivity index (χ0) is 13.4. The van der Waals surface area contributed by atoms with Crippen molar-refractivity contribution in [2.24, 2.45) is 0 Å². The zero-order valence-electron chi connectivity index (χ0n) is 9.95. The van der Waals surface area contributed by atoms with Crippen molar-refractivity contribution in [3.8, 4) is 5.75 Å². The van der Waals surface area contributed by atoms with Crippen LogP contribution < -0.4 is 4.74 Å². The molecule has 1 aliphatic rings. The Morgan fingerprint density at radius 3 is 2.79 bits per heavy atom. The van der Waals surface area contributed by atoms with Crippen molar-refractivity contribution in [2.45, 2.75) is 10.7 Å². The Bertz CT molecular complexity index is 615. The monoisotopic (exact) mass is 356 g/mol. The third kappa shape index (κ3) is 2.49. The lowest BCUT2D eigenvalue weighted by Gasteiger charge is -2.18. The van der Waals surface area contributed by atoms with Crippen molar-refractivity contribution in [1.82, 2.24) is 0 Å². The van der Waals surface area contributed by atoms with Gasteiger partial charge in [0.1, 0.15) is 5.75 Å². The molecule has 0 spiro atoms. The first kappa shape index (κ1) is 13.3. The summed E-state index contributed by atoms with van der Waals surface area (Å²) in [5.74, 6) is 1.20. The Morgan fingerprint density at radius 2 is 1.95 bits per heavy atom. The van der Waals surface area contributed by atoms with E-state index in [9.17, 15) is 0 Å². The van der Waals surface area contributed by atoms with Gasteiger partial charge in [-0.15, -0.1) is 0 Å². The van der Waals surface area contributed by atoms with Crippen LogP contribution in [0.15, 0.2) is 42.5 Å². The molecule has 0 aliphatic carbocycles. The highest BCUT2D eigenvalue weighted by Crippen LogP contribution is 2.47. The lowest BCUT2D eigenvalue weighted by atomic mass is 9.93. The molecule has 2 atom stereocenters. The molecule has 0 N–H and O–H groups in total. The van der Waals surface area contributed by atoms with E-state index in [0.717, 1.165) is 16.3 Å². The summed E-state index contributed by atoms with van der Waals surface area (Å²) in [5, 5.41) is 1.41. The van der Waals surface area contributed by atoms with Crippen LogP contribution in [0.2, 0.25) is 10.0 Å². The standard InChI is InChI=1S/C15H11BrCl2O/c16-15(11-7-9(17)5-6-13(11)18)12-8-19-14-4-2-1-3-10(12)14/h1-7,12,15H,8H2. The maximum absolute atomic E-state index is 6.27. The first-order chi connectivity index (χ1) is 9.16. The first-order valence-electron chi connectivity index (χ1n) is 5.97. The average Bonchev–Trinajstić information content (AvgIpc) is 2.84. The predicted molar refractivity (Wildman–Crippen MR) is 82.8 cm³/mol. The number of ether oxygens (including phenoxy) is 1. The largest absolute Gasteiger partial charge is 0.493 e. The molecule has 0 radical (unpaired) electrons. The summed E-state index contributed by atoms with van der Waals surface area (Å²) in [5.41, 5.74) is 2.21.